The van der Waals surface area contributed by atoms with Crippen molar-refractivity contribution in [2.75, 3.05) is 13.1 Å². The highest BCUT2D eigenvalue weighted by Gasteiger charge is 2.25. The first kappa shape index (κ1) is 22.9. The van der Waals surface area contributed by atoms with Crippen LogP contribution in [0.15, 0.2) is 60.7 Å². The van der Waals surface area contributed by atoms with Gasteiger partial charge >= 0.3 is 6.09 Å². The molecular formula is C24H34N2O3. The number of carbonyl (C=O) groups excluding carboxylic acids is 1. The number of carbonyl (C=O) groups is 1. The summed E-state index contributed by atoms with van der Waals surface area (Å²) >= 11 is 0. The van der Waals surface area contributed by atoms with Crippen LogP contribution >= 0.6 is 0 Å². The van der Waals surface area contributed by atoms with Gasteiger partial charge in [0.15, 0.2) is 0 Å². The monoisotopic (exact) mass is 398 g/mol. The Morgan fingerprint density at radius 1 is 1.00 bits per heavy atom. The predicted molar refractivity (Wildman–Crippen MR) is 117 cm³/mol. The van der Waals surface area contributed by atoms with Crippen LogP contribution in [0.4, 0.5) is 4.79 Å². The van der Waals surface area contributed by atoms with Gasteiger partial charge in [0.2, 0.25) is 0 Å². The Morgan fingerprint density at radius 2 is 1.59 bits per heavy atom. The summed E-state index contributed by atoms with van der Waals surface area (Å²) in [6, 6.07) is 19.6. The summed E-state index contributed by atoms with van der Waals surface area (Å²) in [5.74, 6) is 0.329. The van der Waals surface area contributed by atoms with Crippen molar-refractivity contribution in [3.63, 3.8) is 0 Å². The van der Waals surface area contributed by atoms with Crippen molar-refractivity contribution in [2.45, 2.75) is 57.8 Å². The van der Waals surface area contributed by atoms with Gasteiger partial charge in [0.25, 0.3) is 0 Å². The molecule has 0 radical (unpaired) electrons. The van der Waals surface area contributed by atoms with E-state index in [2.05, 4.69) is 29.7 Å². The fourth-order valence-corrected chi connectivity index (χ4v) is 3.10. The van der Waals surface area contributed by atoms with Crippen molar-refractivity contribution in [3.8, 4) is 0 Å². The van der Waals surface area contributed by atoms with Crippen molar-refractivity contribution in [1.29, 1.82) is 0 Å². The van der Waals surface area contributed by atoms with E-state index in [-0.39, 0.29) is 0 Å². The molecule has 0 aliphatic carbocycles. The van der Waals surface area contributed by atoms with E-state index in [1.165, 1.54) is 5.56 Å². The van der Waals surface area contributed by atoms with Crippen LogP contribution in [0, 0.1) is 0 Å². The summed E-state index contributed by atoms with van der Waals surface area (Å²) < 4.78 is 5.38. The lowest BCUT2D eigenvalue weighted by Gasteiger charge is -2.27. The predicted octanol–water partition coefficient (Wildman–Crippen LogP) is 3.88. The lowest BCUT2D eigenvalue weighted by Crippen LogP contribution is -2.50. The Morgan fingerprint density at radius 3 is 2.17 bits per heavy atom. The van der Waals surface area contributed by atoms with Crippen LogP contribution in [0.3, 0.4) is 0 Å². The second-order valence-electron chi connectivity index (χ2n) is 8.48. The normalized spacial score (nSPS) is 14.7. The molecule has 0 aliphatic heterocycles. The number of nitrogens with one attached hydrogen (secondary N) is 2. The number of aliphatic hydroxyl groups excluding tert-OH is 1. The molecule has 1 unspecified atom stereocenters. The molecule has 0 aromatic heterocycles. The van der Waals surface area contributed by atoms with Crippen molar-refractivity contribution in [1.82, 2.24) is 10.6 Å². The first-order chi connectivity index (χ1) is 13.7. The minimum Gasteiger partial charge on any atom is -0.444 e. The number of aliphatic hydroxyl groups is 1. The van der Waals surface area contributed by atoms with Crippen LogP contribution in [0.25, 0.3) is 0 Å². The number of hydrogen-bond donors (Lipinski definition) is 3. The van der Waals surface area contributed by atoms with Gasteiger partial charge in [0.1, 0.15) is 5.60 Å². The van der Waals surface area contributed by atoms with Gasteiger partial charge in [-0.25, -0.2) is 4.79 Å². The molecule has 29 heavy (non-hydrogen) atoms. The van der Waals surface area contributed by atoms with Crippen LogP contribution in [-0.2, 0) is 11.2 Å². The largest absolute Gasteiger partial charge is 0.444 e. The first-order valence-corrected chi connectivity index (χ1v) is 10.2. The minimum absolute atomic E-state index is 0.329. The third-order valence-electron chi connectivity index (χ3n) is 4.64. The number of benzene rings is 2. The number of hydrogen-bond acceptors (Lipinski definition) is 4. The summed E-state index contributed by atoms with van der Waals surface area (Å²) in [4.78, 5) is 12.3. The second-order valence-corrected chi connectivity index (χ2v) is 8.48. The zero-order chi connectivity index (χ0) is 21.3. The number of alkyl carbamates (subject to hydrolysis) is 1. The fraction of sp³-hybridized carbons (Fsp3) is 0.458. The van der Waals surface area contributed by atoms with Gasteiger partial charge in [-0.1, -0.05) is 67.6 Å². The molecule has 3 atom stereocenters. The molecule has 5 heteroatoms. The Kier molecular flexibility index (Phi) is 8.68. The molecule has 0 fully saturated rings. The Labute approximate surface area is 174 Å². The van der Waals surface area contributed by atoms with E-state index in [1.807, 2.05) is 69.3 Å². The molecular weight excluding hydrogens is 364 g/mol. The highest BCUT2D eigenvalue weighted by atomic mass is 16.6. The molecule has 1 amide bonds. The zero-order valence-electron chi connectivity index (χ0n) is 17.9. The maximum absolute atomic E-state index is 12.3. The third kappa shape index (κ3) is 8.67. The molecule has 3 N–H and O–H groups in total. The van der Waals surface area contributed by atoms with Gasteiger partial charge in [-0.2, -0.15) is 0 Å². The summed E-state index contributed by atoms with van der Waals surface area (Å²) in [5, 5.41) is 16.9. The molecule has 2 aromatic rings. The lowest BCUT2D eigenvalue weighted by molar-refractivity contribution is 0.0422. The van der Waals surface area contributed by atoms with Gasteiger partial charge in [0.05, 0.1) is 12.1 Å². The summed E-state index contributed by atoms with van der Waals surface area (Å²) in [6.07, 6.45) is -0.738. The maximum atomic E-state index is 12.3. The molecule has 2 aromatic carbocycles. The molecule has 0 saturated carbocycles. The molecule has 0 aliphatic rings. The van der Waals surface area contributed by atoms with Gasteiger partial charge in [-0.05, 0) is 44.2 Å². The Bertz CT molecular complexity index is 729. The maximum Gasteiger partial charge on any atom is 0.407 e. The fourth-order valence-electron chi connectivity index (χ4n) is 3.10. The summed E-state index contributed by atoms with van der Waals surface area (Å²) in [6.45, 7) is 8.73. The van der Waals surface area contributed by atoms with Crippen LogP contribution in [0.5, 0.6) is 0 Å². The van der Waals surface area contributed by atoms with Crippen LogP contribution in [0.1, 0.15) is 44.7 Å². The number of rotatable bonds is 9. The molecule has 0 spiro atoms. The van der Waals surface area contributed by atoms with Crippen LogP contribution in [0.2, 0.25) is 0 Å². The molecule has 0 heterocycles. The number of amides is 1. The van der Waals surface area contributed by atoms with E-state index in [0.717, 1.165) is 12.1 Å². The van der Waals surface area contributed by atoms with Crippen LogP contribution < -0.4 is 10.6 Å². The van der Waals surface area contributed by atoms with E-state index >= 15 is 0 Å². The van der Waals surface area contributed by atoms with E-state index in [4.69, 9.17) is 4.74 Å². The average Bonchev–Trinajstić information content (AvgIpc) is 2.67. The molecule has 2 rings (SSSR count). The van der Waals surface area contributed by atoms with Crippen molar-refractivity contribution in [3.05, 3.63) is 71.8 Å². The van der Waals surface area contributed by atoms with Crippen molar-refractivity contribution in [2.24, 2.45) is 0 Å². The summed E-state index contributed by atoms with van der Waals surface area (Å²) in [7, 11) is 0. The van der Waals surface area contributed by atoms with E-state index in [0.29, 0.717) is 18.9 Å². The smallest absolute Gasteiger partial charge is 0.407 e. The zero-order valence-corrected chi connectivity index (χ0v) is 17.9. The number of ether oxygens (including phenoxy) is 1. The second kappa shape index (κ2) is 11.0. The van der Waals surface area contributed by atoms with Gasteiger partial charge in [0, 0.05) is 13.1 Å². The SMILES string of the molecule is CC(CNC[C@@H](O)[C@H](Cc1ccccc1)NC(=O)OC(C)(C)C)c1ccccc1. The summed E-state index contributed by atoms with van der Waals surface area (Å²) in [5.41, 5.74) is 1.71. The van der Waals surface area contributed by atoms with E-state index in [9.17, 15) is 9.90 Å². The standard InChI is InChI=1S/C24H34N2O3/c1-18(20-13-9-6-10-14-20)16-25-17-22(27)21(15-19-11-7-5-8-12-19)26-23(28)29-24(2,3)4/h5-14,18,21-22,25,27H,15-17H2,1-4H3,(H,26,28)/t18?,21-,22+/m0/s1. The Balaban J connectivity index is 1.94. The topological polar surface area (TPSA) is 70.6 Å². The van der Waals surface area contributed by atoms with Gasteiger partial charge in [-0.15, -0.1) is 0 Å². The third-order valence-corrected chi connectivity index (χ3v) is 4.64. The van der Waals surface area contributed by atoms with Crippen molar-refractivity contribution < 1.29 is 14.6 Å². The van der Waals surface area contributed by atoms with E-state index < -0.39 is 23.8 Å². The van der Waals surface area contributed by atoms with Gasteiger partial charge in [-0.3, -0.25) is 0 Å². The Hall–Kier alpha value is -2.37. The minimum atomic E-state index is -0.745. The highest BCUT2D eigenvalue weighted by Crippen LogP contribution is 2.14. The molecule has 0 bridgehead atoms. The van der Waals surface area contributed by atoms with Gasteiger partial charge < -0.3 is 20.5 Å². The molecule has 5 nitrogen and oxygen atoms in total. The molecule has 0 saturated heterocycles. The van der Waals surface area contributed by atoms with Crippen molar-refractivity contribution >= 4 is 6.09 Å². The first-order valence-electron chi connectivity index (χ1n) is 10.2. The lowest BCUT2D eigenvalue weighted by atomic mass is 10.00. The van der Waals surface area contributed by atoms with Crippen LogP contribution in [-0.4, -0.2) is 42.0 Å². The van der Waals surface area contributed by atoms with E-state index in [1.54, 1.807) is 0 Å². The average molecular weight is 399 g/mol. The quantitative estimate of drug-likeness (QED) is 0.600. The molecule has 158 valence electrons. The highest BCUT2D eigenvalue weighted by molar-refractivity contribution is 5.68.